The van der Waals surface area contributed by atoms with Crippen LogP contribution in [0.4, 0.5) is 0 Å². The summed E-state index contributed by atoms with van der Waals surface area (Å²) in [6.45, 7) is 1.49. The Kier molecular flexibility index (Phi) is 2.88. The monoisotopic (exact) mass is 288 g/mol. The number of carbonyl (C=O) groups is 1. The van der Waals surface area contributed by atoms with E-state index >= 15 is 0 Å². The molecule has 0 atom stereocenters. The standard InChI is InChI=1S/C15H16N2O2S/c18-15(14-11-3-1-2-4-12(11)19-16-14)17-7-5-13-10(9-17)6-8-20-13/h6,8H,1-5,7,9H2. The molecule has 0 spiro atoms. The Morgan fingerprint density at radius 3 is 3.15 bits per heavy atom. The third-order valence-electron chi connectivity index (χ3n) is 4.25. The van der Waals surface area contributed by atoms with Crippen molar-refractivity contribution in [1.82, 2.24) is 10.1 Å². The Balaban J connectivity index is 1.61. The SMILES string of the molecule is O=C(c1noc2c1CCCC2)N1CCc2sccc2C1. The van der Waals surface area contributed by atoms with Crippen LogP contribution >= 0.6 is 11.3 Å². The molecule has 20 heavy (non-hydrogen) atoms. The zero-order valence-corrected chi connectivity index (χ0v) is 12.0. The molecule has 0 N–H and O–H groups in total. The number of amides is 1. The van der Waals surface area contributed by atoms with E-state index in [2.05, 4.69) is 16.6 Å². The van der Waals surface area contributed by atoms with Gasteiger partial charge in [0.25, 0.3) is 5.91 Å². The van der Waals surface area contributed by atoms with Crippen LogP contribution in [0.1, 0.15) is 45.1 Å². The number of hydrogen-bond donors (Lipinski definition) is 0. The fourth-order valence-electron chi connectivity index (χ4n) is 3.12. The first-order chi connectivity index (χ1) is 9.83. The molecule has 0 radical (unpaired) electrons. The predicted molar refractivity (Wildman–Crippen MR) is 75.9 cm³/mol. The highest BCUT2D eigenvalue weighted by Crippen LogP contribution is 2.28. The number of nitrogens with zero attached hydrogens (tertiary/aromatic N) is 2. The summed E-state index contributed by atoms with van der Waals surface area (Å²) >= 11 is 1.79. The Morgan fingerprint density at radius 2 is 2.20 bits per heavy atom. The van der Waals surface area contributed by atoms with Gasteiger partial charge in [0.1, 0.15) is 5.76 Å². The molecule has 0 bridgehead atoms. The van der Waals surface area contributed by atoms with Gasteiger partial charge in [-0.25, -0.2) is 0 Å². The van der Waals surface area contributed by atoms with Crippen LogP contribution < -0.4 is 0 Å². The number of fused-ring (bicyclic) bond motifs is 2. The van der Waals surface area contributed by atoms with Gasteiger partial charge in [-0.1, -0.05) is 5.16 Å². The summed E-state index contributed by atoms with van der Waals surface area (Å²) in [5.41, 5.74) is 2.89. The smallest absolute Gasteiger partial charge is 0.276 e. The Bertz CT molecular complexity index is 659. The van der Waals surface area contributed by atoms with Crippen molar-refractivity contribution in [3.8, 4) is 0 Å². The lowest BCUT2D eigenvalue weighted by Crippen LogP contribution is -2.36. The molecule has 1 aliphatic heterocycles. The molecule has 2 aromatic heterocycles. The maximum Gasteiger partial charge on any atom is 0.276 e. The molecular weight excluding hydrogens is 272 g/mol. The highest BCUT2D eigenvalue weighted by atomic mass is 32.1. The predicted octanol–water partition coefficient (Wildman–Crippen LogP) is 2.81. The molecule has 2 aliphatic rings. The lowest BCUT2D eigenvalue weighted by Gasteiger charge is -2.26. The summed E-state index contributed by atoms with van der Waals surface area (Å²) in [5, 5.41) is 6.16. The van der Waals surface area contributed by atoms with Gasteiger partial charge in [0.2, 0.25) is 0 Å². The van der Waals surface area contributed by atoms with Crippen LogP contribution in [0.15, 0.2) is 16.0 Å². The van der Waals surface area contributed by atoms with Gasteiger partial charge in [-0.3, -0.25) is 4.79 Å². The number of thiophene rings is 1. The van der Waals surface area contributed by atoms with Gasteiger partial charge in [0.15, 0.2) is 5.69 Å². The first-order valence-electron chi connectivity index (χ1n) is 7.15. The first-order valence-corrected chi connectivity index (χ1v) is 8.03. The molecule has 4 rings (SSSR count). The maximum absolute atomic E-state index is 12.7. The summed E-state index contributed by atoms with van der Waals surface area (Å²) in [6.07, 6.45) is 5.07. The molecule has 2 aromatic rings. The lowest BCUT2D eigenvalue weighted by molar-refractivity contribution is 0.0724. The molecule has 1 aliphatic carbocycles. The fourth-order valence-corrected chi connectivity index (χ4v) is 4.01. The average Bonchev–Trinajstić information content (AvgIpc) is 3.12. The quantitative estimate of drug-likeness (QED) is 0.810. The highest BCUT2D eigenvalue weighted by Gasteiger charge is 2.29. The van der Waals surface area contributed by atoms with Gasteiger partial charge in [-0.05, 0) is 42.7 Å². The maximum atomic E-state index is 12.7. The molecular formula is C15H16N2O2S. The van der Waals surface area contributed by atoms with Gasteiger partial charge in [-0.15, -0.1) is 11.3 Å². The second kappa shape index (κ2) is 4.74. The minimum atomic E-state index is 0.0359. The van der Waals surface area contributed by atoms with E-state index in [4.69, 9.17) is 4.52 Å². The number of rotatable bonds is 1. The van der Waals surface area contributed by atoms with Crippen molar-refractivity contribution in [3.63, 3.8) is 0 Å². The minimum Gasteiger partial charge on any atom is -0.360 e. The highest BCUT2D eigenvalue weighted by molar-refractivity contribution is 7.10. The van der Waals surface area contributed by atoms with Gasteiger partial charge < -0.3 is 9.42 Å². The molecule has 104 valence electrons. The van der Waals surface area contributed by atoms with E-state index in [0.29, 0.717) is 12.2 Å². The van der Waals surface area contributed by atoms with Gasteiger partial charge in [-0.2, -0.15) is 0 Å². The van der Waals surface area contributed by atoms with E-state index in [1.807, 2.05) is 4.90 Å². The van der Waals surface area contributed by atoms with E-state index in [1.54, 1.807) is 11.3 Å². The Labute approximate surface area is 121 Å². The molecule has 1 amide bonds. The molecule has 0 aromatic carbocycles. The van der Waals surface area contributed by atoms with Crippen molar-refractivity contribution in [2.75, 3.05) is 6.54 Å². The third-order valence-corrected chi connectivity index (χ3v) is 5.27. The van der Waals surface area contributed by atoms with Gasteiger partial charge in [0, 0.05) is 30.0 Å². The first kappa shape index (κ1) is 12.1. The molecule has 0 unspecified atom stereocenters. The second-order valence-corrected chi connectivity index (χ2v) is 6.49. The molecule has 0 saturated carbocycles. The summed E-state index contributed by atoms with van der Waals surface area (Å²) in [5.74, 6) is 0.960. The number of aryl methyl sites for hydroxylation is 1. The van der Waals surface area contributed by atoms with Crippen molar-refractivity contribution in [3.05, 3.63) is 38.9 Å². The summed E-state index contributed by atoms with van der Waals surface area (Å²) in [7, 11) is 0. The summed E-state index contributed by atoms with van der Waals surface area (Å²) in [4.78, 5) is 16.0. The van der Waals surface area contributed by atoms with E-state index in [0.717, 1.165) is 50.0 Å². The van der Waals surface area contributed by atoms with E-state index in [9.17, 15) is 4.79 Å². The Morgan fingerprint density at radius 1 is 1.30 bits per heavy atom. The van der Waals surface area contributed by atoms with Crippen molar-refractivity contribution >= 4 is 17.2 Å². The minimum absolute atomic E-state index is 0.0359. The van der Waals surface area contributed by atoms with Crippen LogP contribution in [0.2, 0.25) is 0 Å². The van der Waals surface area contributed by atoms with Crippen LogP contribution in [0.5, 0.6) is 0 Å². The molecule has 0 saturated heterocycles. The lowest BCUT2D eigenvalue weighted by atomic mass is 9.96. The van der Waals surface area contributed by atoms with E-state index in [1.165, 1.54) is 10.4 Å². The average molecular weight is 288 g/mol. The van der Waals surface area contributed by atoms with E-state index < -0.39 is 0 Å². The molecule has 0 fully saturated rings. The normalized spacial score (nSPS) is 17.7. The van der Waals surface area contributed by atoms with Crippen LogP contribution in [0, 0.1) is 0 Å². The van der Waals surface area contributed by atoms with Gasteiger partial charge >= 0.3 is 0 Å². The zero-order chi connectivity index (χ0) is 13.5. The number of hydrogen-bond acceptors (Lipinski definition) is 4. The fraction of sp³-hybridized carbons (Fsp3) is 0.467. The van der Waals surface area contributed by atoms with Crippen molar-refractivity contribution in [2.45, 2.75) is 38.6 Å². The largest absolute Gasteiger partial charge is 0.360 e. The van der Waals surface area contributed by atoms with Crippen molar-refractivity contribution < 1.29 is 9.32 Å². The third kappa shape index (κ3) is 1.88. The molecule has 4 nitrogen and oxygen atoms in total. The van der Waals surface area contributed by atoms with Crippen molar-refractivity contribution in [1.29, 1.82) is 0 Å². The second-order valence-electron chi connectivity index (χ2n) is 5.49. The summed E-state index contributed by atoms with van der Waals surface area (Å²) < 4.78 is 5.36. The van der Waals surface area contributed by atoms with Crippen LogP contribution in [-0.4, -0.2) is 22.5 Å². The van der Waals surface area contributed by atoms with Crippen LogP contribution in [0.25, 0.3) is 0 Å². The van der Waals surface area contributed by atoms with Gasteiger partial charge in [0.05, 0.1) is 0 Å². The van der Waals surface area contributed by atoms with Crippen LogP contribution in [-0.2, 0) is 25.8 Å². The topological polar surface area (TPSA) is 46.3 Å². The zero-order valence-electron chi connectivity index (χ0n) is 11.2. The van der Waals surface area contributed by atoms with Crippen molar-refractivity contribution in [2.24, 2.45) is 0 Å². The summed E-state index contributed by atoms with van der Waals surface area (Å²) in [6, 6.07) is 2.12. The van der Waals surface area contributed by atoms with Crippen LogP contribution in [0.3, 0.4) is 0 Å². The van der Waals surface area contributed by atoms with E-state index in [-0.39, 0.29) is 5.91 Å². The molecule has 3 heterocycles. The number of aromatic nitrogens is 1. The number of carbonyl (C=O) groups excluding carboxylic acids is 1. The molecule has 5 heteroatoms. The Hall–Kier alpha value is -1.62.